The number of nitrogens with two attached hydrogens (primary N) is 1. The van der Waals surface area contributed by atoms with Crippen LogP contribution in [-0.4, -0.2) is 10.5 Å². The van der Waals surface area contributed by atoms with E-state index in [1.165, 1.54) is 0 Å². The normalized spacial score (nSPS) is 10.6. The zero-order chi connectivity index (χ0) is 13.8. The number of aromatic nitrogens is 1. The van der Waals surface area contributed by atoms with E-state index >= 15 is 0 Å². The van der Waals surface area contributed by atoms with Crippen molar-refractivity contribution in [3.05, 3.63) is 44.3 Å². The molecule has 0 saturated carbocycles. The van der Waals surface area contributed by atoms with Gasteiger partial charge in [-0.2, -0.15) is 0 Å². The molecule has 0 fully saturated rings. The third-order valence-electron chi connectivity index (χ3n) is 2.49. The number of hydrogen-bond donors (Lipinski definition) is 2. The van der Waals surface area contributed by atoms with E-state index in [9.17, 15) is 14.4 Å². The van der Waals surface area contributed by atoms with Gasteiger partial charge in [-0.1, -0.05) is 29.1 Å². The molecule has 1 aromatic heterocycles. The van der Waals surface area contributed by atoms with E-state index in [1.807, 2.05) is 0 Å². The molecule has 0 amide bonds. The van der Waals surface area contributed by atoms with Crippen molar-refractivity contribution in [3.63, 3.8) is 0 Å². The molecule has 1 heterocycles. The van der Waals surface area contributed by atoms with E-state index in [4.69, 9.17) is 5.84 Å². The van der Waals surface area contributed by atoms with E-state index in [2.05, 4.69) is 4.84 Å². The first-order chi connectivity index (χ1) is 9.13. The van der Waals surface area contributed by atoms with Crippen LogP contribution in [0.4, 0.5) is 0 Å². The second-order valence-electron chi connectivity index (χ2n) is 3.66. The molecule has 0 aliphatic heterocycles. The largest absolute Gasteiger partial charge is 0.356 e. The minimum absolute atomic E-state index is 0.0421. The van der Waals surface area contributed by atoms with Gasteiger partial charge in [-0.3, -0.25) is 19.0 Å². The summed E-state index contributed by atoms with van der Waals surface area (Å²) in [6.45, 7) is -0.0421. The minimum atomic E-state index is -0.646. The van der Waals surface area contributed by atoms with Crippen LogP contribution in [-0.2, 0) is 16.2 Å². The van der Waals surface area contributed by atoms with Crippen LogP contribution in [0.5, 0.6) is 0 Å². The number of fused-ring (bicyclic) bond motifs is 1. The summed E-state index contributed by atoms with van der Waals surface area (Å²) in [6.07, 6.45) is -0.121. The van der Waals surface area contributed by atoms with Gasteiger partial charge in [0.05, 0.1) is 11.8 Å². The Hall–Kier alpha value is -2.03. The van der Waals surface area contributed by atoms with Gasteiger partial charge < -0.3 is 4.84 Å². The van der Waals surface area contributed by atoms with Gasteiger partial charge in [0.25, 0.3) is 5.56 Å². The zero-order valence-corrected chi connectivity index (χ0v) is 10.6. The van der Waals surface area contributed by atoms with Gasteiger partial charge >= 0.3 is 10.8 Å². The Balaban J connectivity index is 2.36. The molecule has 0 atom stereocenters. The summed E-state index contributed by atoms with van der Waals surface area (Å²) in [4.78, 5) is 38.9. The van der Waals surface area contributed by atoms with Gasteiger partial charge in [0.2, 0.25) is 0 Å². The van der Waals surface area contributed by atoms with E-state index in [1.54, 1.807) is 29.9 Å². The Morgan fingerprint density at radius 3 is 2.84 bits per heavy atom. The Labute approximate surface area is 111 Å². The molecule has 7 nitrogen and oxygen atoms in total. The Morgan fingerprint density at radius 2 is 2.11 bits per heavy atom. The van der Waals surface area contributed by atoms with Crippen molar-refractivity contribution in [1.29, 1.82) is 0 Å². The monoisotopic (exact) mass is 281 g/mol. The Kier molecular flexibility index (Phi) is 4.05. The predicted molar refractivity (Wildman–Crippen MR) is 70.4 cm³/mol. The van der Waals surface area contributed by atoms with Crippen molar-refractivity contribution >= 4 is 27.4 Å². The maximum Gasteiger partial charge on any atom is 0.328 e. The molecule has 0 saturated heterocycles. The molecule has 100 valence electrons. The molecule has 0 spiro atoms. The average molecular weight is 281 g/mol. The molecule has 1 aromatic carbocycles. The highest BCUT2D eigenvalue weighted by Gasteiger charge is 2.10. The molecule has 8 heteroatoms. The first-order valence-corrected chi connectivity index (χ1v) is 6.23. The summed E-state index contributed by atoms with van der Waals surface area (Å²) in [5.74, 6) is 4.16. The predicted octanol–water partition coefficient (Wildman–Crippen LogP) is -0.265. The number of nitrogens with zero attached hydrogens (tertiary/aromatic N) is 1. The zero-order valence-electron chi connectivity index (χ0n) is 9.79. The third kappa shape index (κ3) is 2.87. The summed E-state index contributed by atoms with van der Waals surface area (Å²) in [5, 5.41) is 0.456. The van der Waals surface area contributed by atoms with Gasteiger partial charge in [-0.25, -0.2) is 5.84 Å². The van der Waals surface area contributed by atoms with Crippen molar-refractivity contribution in [2.24, 2.45) is 5.84 Å². The number of rotatable bonds is 4. The lowest BCUT2D eigenvalue weighted by Gasteiger charge is -2.05. The molecule has 3 N–H and O–H groups in total. The second kappa shape index (κ2) is 5.74. The van der Waals surface area contributed by atoms with Crippen LogP contribution in [0.15, 0.2) is 33.9 Å². The molecule has 2 rings (SSSR count). The number of hydrogen-bond acceptors (Lipinski definition) is 7. The summed E-state index contributed by atoms with van der Waals surface area (Å²) < 4.78 is 1.64. The standard InChI is InChI=1S/C11H11N3O4S/c12-13-18-9(15)5-6-14-10(16)7-3-1-2-4-8(7)19-11(14)17/h1-4,13H,5-6,12H2. The molecule has 0 aliphatic rings. The first kappa shape index (κ1) is 13.4. The summed E-state index contributed by atoms with van der Waals surface area (Å²) in [6, 6.07) is 6.83. The summed E-state index contributed by atoms with van der Waals surface area (Å²) in [7, 11) is 0. The summed E-state index contributed by atoms with van der Waals surface area (Å²) >= 11 is 0.962. The van der Waals surface area contributed by atoms with Gasteiger partial charge in [0.15, 0.2) is 0 Å². The van der Waals surface area contributed by atoms with Crippen molar-refractivity contribution in [3.8, 4) is 0 Å². The van der Waals surface area contributed by atoms with Crippen LogP contribution in [0.2, 0.25) is 0 Å². The third-order valence-corrected chi connectivity index (χ3v) is 3.46. The fourth-order valence-corrected chi connectivity index (χ4v) is 2.51. The maximum absolute atomic E-state index is 12.1. The molecule has 2 aromatic rings. The molecule has 19 heavy (non-hydrogen) atoms. The SMILES string of the molecule is NNOC(=O)CCn1c(=O)sc2ccccc2c1=O. The van der Waals surface area contributed by atoms with E-state index < -0.39 is 16.4 Å². The second-order valence-corrected chi connectivity index (χ2v) is 4.66. The number of benzene rings is 1. The lowest BCUT2D eigenvalue weighted by molar-refractivity contribution is -0.151. The molecular weight excluding hydrogens is 270 g/mol. The fourth-order valence-electron chi connectivity index (χ4n) is 1.62. The smallest absolute Gasteiger partial charge is 0.328 e. The highest BCUT2D eigenvalue weighted by molar-refractivity contribution is 7.16. The number of hydrazine groups is 1. The van der Waals surface area contributed by atoms with Crippen LogP contribution in [0, 0.1) is 0 Å². The van der Waals surface area contributed by atoms with E-state index in [0.29, 0.717) is 10.1 Å². The van der Waals surface area contributed by atoms with Gasteiger partial charge in [-0.15, -0.1) is 0 Å². The first-order valence-electron chi connectivity index (χ1n) is 5.41. The van der Waals surface area contributed by atoms with Crippen molar-refractivity contribution < 1.29 is 9.63 Å². The lowest BCUT2D eigenvalue weighted by Crippen LogP contribution is -2.33. The Morgan fingerprint density at radius 1 is 1.37 bits per heavy atom. The number of nitrogens with one attached hydrogen (secondary N) is 1. The van der Waals surface area contributed by atoms with Crippen LogP contribution >= 0.6 is 11.3 Å². The van der Waals surface area contributed by atoms with Gasteiger partial charge in [-0.05, 0) is 12.1 Å². The van der Waals surface area contributed by atoms with Crippen LogP contribution < -0.4 is 21.9 Å². The molecule has 0 bridgehead atoms. The number of carbonyl (C=O) groups excluding carboxylic acids is 1. The van der Waals surface area contributed by atoms with E-state index in [-0.39, 0.29) is 13.0 Å². The average Bonchev–Trinajstić information content (AvgIpc) is 2.39. The molecule has 0 unspecified atom stereocenters. The Bertz CT molecular complexity index is 722. The topological polar surface area (TPSA) is 103 Å². The highest BCUT2D eigenvalue weighted by atomic mass is 32.1. The minimum Gasteiger partial charge on any atom is -0.356 e. The fraction of sp³-hybridized carbons (Fsp3) is 0.182. The van der Waals surface area contributed by atoms with Gasteiger partial charge in [0.1, 0.15) is 0 Å². The van der Waals surface area contributed by atoms with Crippen LogP contribution in [0.25, 0.3) is 10.1 Å². The number of carbonyl (C=O) groups is 1. The maximum atomic E-state index is 12.1. The molecular formula is C11H11N3O4S. The molecule has 0 radical (unpaired) electrons. The van der Waals surface area contributed by atoms with Crippen LogP contribution in [0.3, 0.4) is 0 Å². The van der Waals surface area contributed by atoms with Gasteiger partial charge in [0, 0.05) is 11.2 Å². The molecule has 0 aliphatic carbocycles. The lowest BCUT2D eigenvalue weighted by atomic mass is 10.3. The van der Waals surface area contributed by atoms with E-state index in [0.717, 1.165) is 15.9 Å². The quantitative estimate of drug-likeness (QED) is 0.591. The summed E-state index contributed by atoms with van der Waals surface area (Å²) in [5.41, 5.74) is 1.34. The van der Waals surface area contributed by atoms with Crippen LogP contribution in [0.1, 0.15) is 6.42 Å². The van der Waals surface area contributed by atoms with Crippen molar-refractivity contribution in [1.82, 2.24) is 10.2 Å². The highest BCUT2D eigenvalue weighted by Crippen LogP contribution is 2.10. The van der Waals surface area contributed by atoms with Crippen molar-refractivity contribution in [2.75, 3.05) is 0 Å². The van der Waals surface area contributed by atoms with Crippen molar-refractivity contribution in [2.45, 2.75) is 13.0 Å².